The molecule has 0 radical (unpaired) electrons. The number of hydrogen-bond donors (Lipinski definition) is 1. The molecule has 1 aromatic rings. The molecular formula is C11H15Cl2NO. The molecule has 1 rings (SSSR count). The van der Waals surface area contributed by atoms with Crippen LogP contribution in [0.15, 0.2) is 18.2 Å². The van der Waals surface area contributed by atoms with Crippen LogP contribution in [0.1, 0.15) is 12.0 Å². The first-order chi connectivity index (χ1) is 7.15. The highest BCUT2D eigenvalue weighted by Gasteiger charge is 2.08. The Morgan fingerprint density at radius 1 is 1.40 bits per heavy atom. The standard InChI is InChI=1S/C11H15Cl2NO/c1-15-6-5-9(14)7-8-3-2-4-10(12)11(8)13/h2-4,9H,5-7,14H2,1H3. The molecule has 2 N–H and O–H groups in total. The zero-order valence-corrected chi connectivity index (χ0v) is 10.2. The molecule has 0 heterocycles. The lowest BCUT2D eigenvalue weighted by molar-refractivity contribution is 0.188. The molecule has 84 valence electrons. The van der Waals surface area contributed by atoms with E-state index >= 15 is 0 Å². The third kappa shape index (κ3) is 3.99. The number of methoxy groups -OCH3 is 1. The molecule has 0 spiro atoms. The Morgan fingerprint density at radius 2 is 2.13 bits per heavy atom. The summed E-state index contributed by atoms with van der Waals surface area (Å²) >= 11 is 12.0. The normalized spacial score (nSPS) is 12.8. The van der Waals surface area contributed by atoms with Gasteiger partial charge in [0.15, 0.2) is 0 Å². The maximum atomic E-state index is 6.05. The van der Waals surface area contributed by atoms with Gasteiger partial charge in [0.25, 0.3) is 0 Å². The summed E-state index contributed by atoms with van der Waals surface area (Å²) in [6, 6.07) is 5.66. The van der Waals surface area contributed by atoms with E-state index in [1.54, 1.807) is 13.2 Å². The van der Waals surface area contributed by atoms with Crippen molar-refractivity contribution >= 4 is 23.2 Å². The van der Waals surface area contributed by atoms with Gasteiger partial charge >= 0.3 is 0 Å². The molecule has 15 heavy (non-hydrogen) atoms. The van der Waals surface area contributed by atoms with Crippen molar-refractivity contribution in [2.24, 2.45) is 5.73 Å². The molecule has 0 bridgehead atoms. The Morgan fingerprint density at radius 3 is 2.80 bits per heavy atom. The fourth-order valence-corrected chi connectivity index (χ4v) is 1.76. The topological polar surface area (TPSA) is 35.2 Å². The van der Waals surface area contributed by atoms with Crippen molar-refractivity contribution < 1.29 is 4.74 Å². The minimum absolute atomic E-state index is 0.0564. The minimum atomic E-state index is 0.0564. The van der Waals surface area contributed by atoms with Gasteiger partial charge in [-0.15, -0.1) is 0 Å². The lowest BCUT2D eigenvalue weighted by Gasteiger charge is -2.12. The third-order valence-electron chi connectivity index (χ3n) is 2.21. The maximum absolute atomic E-state index is 6.05. The second kappa shape index (κ2) is 6.33. The Labute approximate surface area is 100 Å². The Bertz CT molecular complexity index is 317. The molecule has 0 aliphatic heterocycles. The molecule has 0 aliphatic rings. The quantitative estimate of drug-likeness (QED) is 0.869. The maximum Gasteiger partial charge on any atom is 0.0624 e. The molecule has 0 saturated carbocycles. The van der Waals surface area contributed by atoms with Gasteiger partial charge in [-0.05, 0) is 24.5 Å². The highest BCUT2D eigenvalue weighted by Crippen LogP contribution is 2.26. The number of benzene rings is 1. The summed E-state index contributed by atoms with van der Waals surface area (Å²) in [5.74, 6) is 0. The van der Waals surface area contributed by atoms with Crippen molar-refractivity contribution in [2.45, 2.75) is 18.9 Å². The first-order valence-electron chi connectivity index (χ1n) is 4.82. The van der Waals surface area contributed by atoms with Crippen molar-refractivity contribution in [3.63, 3.8) is 0 Å². The van der Waals surface area contributed by atoms with E-state index in [0.717, 1.165) is 18.4 Å². The Kier molecular flexibility index (Phi) is 5.40. The summed E-state index contributed by atoms with van der Waals surface area (Å²) < 4.78 is 4.97. The van der Waals surface area contributed by atoms with Gasteiger partial charge in [-0.1, -0.05) is 35.3 Å². The van der Waals surface area contributed by atoms with Gasteiger partial charge in [0.2, 0.25) is 0 Å². The van der Waals surface area contributed by atoms with Gasteiger partial charge in [-0.2, -0.15) is 0 Å². The minimum Gasteiger partial charge on any atom is -0.385 e. The first-order valence-corrected chi connectivity index (χ1v) is 5.58. The van der Waals surface area contributed by atoms with Crippen LogP contribution in [-0.2, 0) is 11.2 Å². The molecule has 0 saturated heterocycles. The predicted molar refractivity (Wildman–Crippen MR) is 64.6 cm³/mol. The highest BCUT2D eigenvalue weighted by atomic mass is 35.5. The lowest BCUT2D eigenvalue weighted by atomic mass is 10.0. The van der Waals surface area contributed by atoms with Crippen molar-refractivity contribution in [1.29, 1.82) is 0 Å². The number of halogens is 2. The zero-order valence-electron chi connectivity index (χ0n) is 8.67. The molecule has 1 aromatic carbocycles. The molecule has 0 fully saturated rings. The van der Waals surface area contributed by atoms with Crippen LogP contribution in [0.2, 0.25) is 10.0 Å². The molecule has 0 amide bonds. The monoisotopic (exact) mass is 247 g/mol. The van der Waals surface area contributed by atoms with Gasteiger partial charge < -0.3 is 10.5 Å². The first kappa shape index (κ1) is 12.8. The average Bonchev–Trinajstić information content (AvgIpc) is 2.22. The van der Waals surface area contributed by atoms with Crippen LogP contribution in [0.3, 0.4) is 0 Å². The smallest absolute Gasteiger partial charge is 0.0624 e. The molecule has 0 aromatic heterocycles. The lowest BCUT2D eigenvalue weighted by Crippen LogP contribution is -2.24. The Balaban J connectivity index is 2.60. The van der Waals surface area contributed by atoms with Crippen LogP contribution in [0, 0.1) is 0 Å². The van der Waals surface area contributed by atoms with Crippen LogP contribution in [0.5, 0.6) is 0 Å². The SMILES string of the molecule is COCCC(N)Cc1cccc(Cl)c1Cl. The van der Waals surface area contributed by atoms with E-state index in [9.17, 15) is 0 Å². The molecule has 0 aliphatic carbocycles. The van der Waals surface area contributed by atoms with Crippen molar-refractivity contribution in [3.8, 4) is 0 Å². The van der Waals surface area contributed by atoms with E-state index in [4.69, 9.17) is 33.7 Å². The highest BCUT2D eigenvalue weighted by molar-refractivity contribution is 6.42. The summed E-state index contributed by atoms with van der Waals surface area (Å²) in [6.45, 7) is 0.666. The van der Waals surface area contributed by atoms with E-state index in [-0.39, 0.29) is 6.04 Å². The largest absolute Gasteiger partial charge is 0.385 e. The second-order valence-electron chi connectivity index (χ2n) is 3.46. The van der Waals surface area contributed by atoms with E-state index in [1.807, 2.05) is 12.1 Å². The van der Waals surface area contributed by atoms with Crippen molar-refractivity contribution in [1.82, 2.24) is 0 Å². The van der Waals surface area contributed by atoms with Crippen molar-refractivity contribution in [3.05, 3.63) is 33.8 Å². The van der Waals surface area contributed by atoms with Gasteiger partial charge in [0.05, 0.1) is 10.0 Å². The molecular weight excluding hydrogens is 233 g/mol. The van der Waals surface area contributed by atoms with E-state index in [1.165, 1.54) is 0 Å². The number of ether oxygens (including phenoxy) is 1. The summed E-state index contributed by atoms with van der Waals surface area (Å²) in [6.07, 6.45) is 1.54. The summed E-state index contributed by atoms with van der Waals surface area (Å²) in [4.78, 5) is 0. The van der Waals surface area contributed by atoms with Crippen LogP contribution in [-0.4, -0.2) is 19.8 Å². The summed E-state index contributed by atoms with van der Waals surface area (Å²) in [7, 11) is 1.67. The van der Waals surface area contributed by atoms with E-state index in [0.29, 0.717) is 16.7 Å². The predicted octanol–water partition coefficient (Wildman–Crippen LogP) is 2.90. The van der Waals surface area contributed by atoms with Crippen LogP contribution in [0.25, 0.3) is 0 Å². The Hall–Kier alpha value is -0.280. The van der Waals surface area contributed by atoms with Crippen LogP contribution in [0.4, 0.5) is 0 Å². The number of nitrogens with two attached hydrogens (primary N) is 1. The van der Waals surface area contributed by atoms with Crippen LogP contribution >= 0.6 is 23.2 Å². The number of rotatable bonds is 5. The molecule has 1 unspecified atom stereocenters. The van der Waals surface area contributed by atoms with Gasteiger partial charge in [-0.25, -0.2) is 0 Å². The third-order valence-corrected chi connectivity index (χ3v) is 3.06. The second-order valence-corrected chi connectivity index (χ2v) is 4.24. The fourth-order valence-electron chi connectivity index (χ4n) is 1.36. The van der Waals surface area contributed by atoms with Gasteiger partial charge in [-0.3, -0.25) is 0 Å². The molecule has 4 heteroatoms. The molecule has 2 nitrogen and oxygen atoms in total. The summed E-state index contributed by atoms with van der Waals surface area (Å²) in [5.41, 5.74) is 6.92. The molecule has 1 atom stereocenters. The van der Waals surface area contributed by atoms with E-state index < -0.39 is 0 Å². The van der Waals surface area contributed by atoms with Crippen molar-refractivity contribution in [2.75, 3.05) is 13.7 Å². The van der Waals surface area contributed by atoms with Gasteiger partial charge in [0, 0.05) is 19.8 Å². The van der Waals surface area contributed by atoms with Crippen LogP contribution < -0.4 is 5.73 Å². The summed E-state index contributed by atoms with van der Waals surface area (Å²) in [5, 5.41) is 1.18. The van der Waals surface area contributed by atoms with Gasteiger partial charge in [0.1, 0.15) is 0 Å². The number of hydrogen-bond acceptors (Lipinski definition) is 2. The zero-order chi connectivity index (χ0) is 11.3. The van der Waals surface area contributed by atoms with E-state index in [2.05, 4.69) is 0 Å². The fraction of sp³-hybridized carbons (Fsp3) is 0.455. The average molecular weight is 248 g/mol.